The lowest BCUT2D eigenvalue weighted by atomic mass is 10.1. The molecule has 1 heterocycles. The minimum absolute atomic E-state index is 0.150. The van der Waals surface area contributed by atoms with E-state index in [1.165, 1.54) is 29.5 Å². The van der Waals surface area contributed by atoms with E-state index in [-0.39, 0.29) is 10.8 Å². The molecule has 0 atom stereocenters. The molecule has 0 bridgehead atoms. The summed E-state index contributed by atoms with van der Waals surface area (Å²) < 4.78 is 28.6. The molecule has 0 saturated heterocycles. The average Bonchev–Trinajstić information content (AvgIpc) is 3.22. The molecule has 32 heavy (non-hydrogen) atoms. The highest BCUT2D eigenvalue weighted by Gasteiger charge is 2.16. The van der Waals surface area contributed by atoms with Gasteiger partial charge in [-0.25, -0.2) is 13.4 Å². The standard InChI is InChI=1S/C24H17N3O3S2/c28-23(26-24-25-22-20-12-5-4-7-16(20)13-14-21(22)31-24)17-8-6-9-18(15-17)27-32(29,30)19-10-2-1-3-11-19/h1-15,27H,(H,25,26,28). The molecule has 8 heteroatoms. The summed E-state index contributed by atoms with van der Waals surface area (Å²) in [6.45, 7) is 0. The van der Waals surface area contributed by atoms with Gasteiger partial charge in [0.1, 0.15) is 0 Å². The van der Waals surface area contributed by atoms with Gasteiger partial charge in [0.2, 0.25) is 0 Å². The smallest absolute Gasteiger partial charge is 0.261 e. The van der Waals surface area contributed by atoms with E-state index in [9.17, 15) is 13.2 Å². The summed E-state index contributed by atoms with van der Waals surface area (Å²) >= 11 is 1.39. The Balaban J connectivity index is 1.39. The second-order valence-electron chi connectivity index (χ2n) is 7.11. The molecule has 0 aliphatic rings. The molecule has 4 aromatic carbocycles. The summed E-state index contributed by atoms with van der Waals surface area (Å²) in [5.74, 6) is -0.367. The topological polar surface area (TPSA) is 88.2 Å². The molecule has 0 aliphatic carbocycles. The molecule has 0 fully saturated rings. The first-order chi connectivity index (χ1) is 15.5. The summed E-state index contributed by atoms with van der Waals surface area (Å²) in [6.07, 6.45) is 0. The minimum Gasteiger partial charge on any atom is -0.298 e. The summed E-state index contributed by atoms with van der Waals surface area (Å²) in [5.41, 5.74) is 1.46. The Hall–Kier alpha value is -3.75. The van der Waals surface area contributed by atoms with Crippen LogP contribution in [-0.2, 0) is 10.0 Å². The lowest BCUT2D eigenvalue weighted by Crippen LogP contribution is -2.15. The molecular formula is C24H17N3O3S2. The highest BCUT2D eigenvalue weighted by atomic mass is 32.2. The summed E-state index contributed by atoms with van der Waals surface area (Å²) in [4.78, 5) is 17.6. The predicted molar refractivity (Wildman–Crippen MR) is 129 cm³/mol. The maximum absolute atomic E-state index is 12.8. The number of rotatable bonds is 5. The van der Waals surface area contributed by atoms with E-state index in [1.807, 2.05) is 36.4 Å². The van der Waals surface area contributed by atoms with Crippen LogP contribution in [0.5, 0.6) is 0 Å². The molecule has 0 unspecified atom stereocenters. The number of nitrogens with zero attached hydrogens (tertiary/aromatic N) is 1. The van der Waals surface area contributed by atoms with E-state index in [4.69, 9.17) is 0 Å². The van der Waals surface area contributed by atoms with Gasteiger partial charge in [0.05, 0.1) is 15.1 Å². The van der Waals surface area contributed by atoms with Crippen molar-refractivity contribution in [2.24, 2.45) is 0 Å². The van der Waals surface area contributed by atoms with E-state index in [2.05, 4.69) is 15.0 Å². The highest BCUT2D eigenvalue weighted by Crippen LogP contribution is 2.32. The van der Waals surface area contributed by atoms with Crippen molar-refractivity contribution >= 4 is 59.1 Å². The van der Waals surface area contributed by atoms with Crippen molar-refractivity contribution in [2.75, 3.05) is 10.0 Å². The van der Waals surface area contributed by atoms with E-state index >= 15 is 0 Å². The summed E-state index contributed by atoms with van der Waals surface area (Å²) in [7, 11) is -3.74. The molecule has 0 spiro atoms. The van der Waals surface area contributed by atoms with Gasteiger partial charge in [-0.15, -0.1) is 0 Å². The fourth-order valence-corrected chi connectivity index (χ4v) is 5.37. The lowest BCUT2D eigenvalue weighted by molar-refractivity contribution is 0.102. The highest BCUT2D eigenvalue weighted by molar-refractivity contribution is 7.92. The number of thiazole rings is 1. The quantitative estimate of drug-likeness (QED) is 0.363. The lowest BCUT2D eigenvalue weighted by Gasteiger charge is -2.09. The summed E-state index contributed by atoms with van der Waals surface area (Å²) in [5, 5.41) is 5.42. The number of aromatic nitrogens is 1. The molecule has 158 valence electrons. The number of benzene rings is 4. The zero-order valence-electron chi connectivity index (χ0n) is 16.6. The first kappa shape index (κ1) is 20.2. The molecular weight excluding hydrogens is 442 g/mol. The van der Waals surface area contributed by atoms with E-state index in [0.29, 0.717) is 16.4 Å². The Labute approximate surface area is 188 Å². The van der Waals surface area contributed by atoms with Gasteiger partial charge in [-0.3, -0.25) is 14.8 Å². The number of sulfonamides is 1. The number of anilines is 2. The maximum atomic E-state index is 12.8. The van der Waals surface area contributed by atoms with Crippen LogP contribution in [0, 0.1) is 0 Å². The molecule has 1 amide bonds. The second kappa shape index (κ2) is 8.07. The SMILES string of the molecule is O=C(Nc1nc2c(ccc3ccccc32)s1)c1cccc(NS(=O)(=O)c2ccccc2)c1. The van der Waals surface area contributed by atoms with Gasteiger partial charge in [-0.1, -0.05) is 65.9 Å². The van der Waals surface area contributed by atoms with Crippen molar-refractivity contribution < 1.29 is 13.2 Å². The Bertz CT molecular complexity index is 1560. The molecule has 0 radical (unpaired) electrons. The van der Waals surface area contributed by atoms with Gasteiger partial charge in [0.15, 0.2) is 5.13 Å². The number of nitrogens with one attached hydrogen (secondary N) is 2. The van der Waals surface area contributed by atoms with E-state index in [0.717, 1.165) is 21.0 Å². The van der Waals surface area contributed by atoms with Gasteiger partial charge in [0, 0.05) is 16.6 Å². The van der Waals surface area contributed by atoms with Gasteiger partial charge in [-0.2, -0.15) is 0 Å². The minimum atomic E-state index is -3.74. The number of amides is 1. The van der Waals surface area contributed by atoms with Crippen LogP contribution < -0.4 is 10.0 Å². The maximum Gasteiger partial charge on any atom is 0.261 e. The molecule has 2 N–H and O–H groups in total. The largest absolute Gasteiger partial charge is 0.298 e. The molecule has 1 aromatic heterocycles. The van der Waals surface area contributed by atoms with Gasteiger partial charge in [0.25, 0.3) is 15.9 Å². The third-order valence-electron chi connectivity index (χ3n) is 4.93. The van der Waals surface area contributed by atoms with Crippen molar-refractivity contribution in [3.63, 3.8) is 0 Å². The van der Waals surface area contributed by atoms with Crippen LogP contribution in [0.2, 0.25) is 0 Å². The zero-order valence-corrected chi connectivity index (χ0v) is 18.3. The fourth-order valence-electron chi connectivity index (χ4n) is 3.42. The number of carbonyl (C=O) groups is 1. The number of hydrogen-bond acceptors (Lipinski definition) is 5. The van der Waals surface area contributed by atoms with Gasteiger partial charge in [-0.05, 0) is 41.8 Å². The van der Waals surface area contributed by atoms with E-state index in [1.54, 1.807) is 36.4 Å². The van der Waals surface area contributed by atoms with Crippen molar-refractivity contribution in [1.29, 1.82) is 0 Å². The third kappa shape index (κ3) is 3.93. The van der Waals surface area contributed by atoms with Gasteiger partial charge < -0.3 is 0 Å². The van der Waals surface area contributed by atoms with Crippen LogP contribution in [0.15, 0.2) is 95.9 Å². The van der Waals surface area contributed by atoms with Crippen LogP contribution in [-0.4, -0.2) is 19.3 Å². The molecule has 6 nitrogen and oxygen atoms in total. The Morgan fingerprint density at radius 2 is 1.62 bits per heavy atom. The fraction of sp³-hybridized carbons (Fsp3) is 0. The normalized spacial score (nSPS) is 11.5. The third-order valence-corrected chi connectivity index (χ3v) is 7.27. The zero-order chi connectivity index (χ0) is 22.1. The van der Waals surface area contributed by atoms with Crippen molar-refractivity contribution in [3.05, 3.63) is 96.6 Å². The van der Waals surface area contributed by atoms with Crippen LogP contribution in [0.25, 0.3) is 21.0 Å². The first-order valence-electron chi connectivity index (χ1n) is 9.77. The van der Waals surface area contributed by atoms with Crippen LogP contribution in [0.1, 0.15) is 10.4 Å². The van der Waals surface area contributed by atoms with Crippen LogP contribution in [0.3, 0.4) is 0 Å². The van der Waals surface area contributed by atoms with Crippen molar-refractivity contribution in [1.82, 2.24) is 4.98 Å². The molecule has 0 aliphatic heterocycles. The van der Waals surface area contributed by atoms with Crippen LogP contribution >= 0.6 is 11.3 Å². The Morgan fingerprint density at radius 3 is 2.47 bits per heavy atom. The first-order valence-corrected chi connectivity index (χ1v) is 12.1. The van der Waals surface area contributed by atoms with Crippen molar-refractivity contribution in [2.45, 2.75) is 4.90 Å². The predicted octanol–water partition coefficient (Wildman–Crippen LogP) is 5.50. The number of fused-ring (bicyclic) bond motifs is 3. The Morgan fingerprint density at radius 1 is 0.844 bits per heavy atom. The number of carbonyl (C=O) groups excluding carboxylic acids is 1. The Kier molecular flexibility index (Phi) is 5.08. The second-order valence-corrected chi connectivity index (χ2v) is 9.82. The summed E-state index contributed by atoms with van der Waals surface area (Å²) in [6, 6.07) is 26.4. The van der Waals surface area contributed by atoms with Gasteiger partial charge >= 0.3 is 0 Å². The average molecular weight is 460 g/mol. The molecule has 5 rings (SSSR count). The molecule has 5 aromatic rings. The molecule has 0 saturated carbocycles. The monoisotopic (exact) mass is 459 g/mol. The number of hydrogen-bond donors (Lipinski definition) is 2. The van der Waals surface area contributed by atoms with Crippen molar-refractivity contribution in [3.8, 4) is 0 Å². The van der Waals surface area contributed by atoms with E-state index < -0.39 is 10.0 Å². The van der Waals surface area contributed by atoms with Crippen LogP contribution in [0.4, 0.5) is 10.8 Å².